The minimum atomic E-state index is -0.190. The van der Waals surface area contributed by atoms with Crippen molar-refractivity contribution in [1.29, 1.82) is 0 Å². The fourth-order valence-electron chi connectivity index (χ4n) is 1.20. The first-order valence-electron chi connectivity index (χ1n) is 4.79. The van der Waals surface area contributed by atoms with Crippen LogP contribution in [0.3, 0.4) is 0 Å². The lowest BCUT2D eigenvalue weighted by atomic mass is 10.2. The summed E-state index contributed by atoms with van der Waals surface area (Å²) in [6, 6.07) is 5.19. The standard InChI is InChI=1S/C11H13Br2NO2/c1-7(6-15)14(2)11(16)8-3-9(12)5-10(13)4-8/h3-5,7,15H,6H2,1-2H3. The summed E-state index contributed by atoms with van der Waals surface area (Å²) in [5.41, 5.74) is 0.587. The lowest BCUT2D eigenvalue weighted by Crippen LogP contribution is -2.37. The van der Waals surface area contributed by atoms with Crippen LogP contribution in [0.2, 0.25) is 0 Å². The average molecular weight is 351 g/mol. The van der Waals surface area contributed by atoms with Crippen LogP contribution in [-0.4, -0.2) is 35.6 Å². The van der Waals surface area contributed by atoms with Gasteiger partial charge in [0.1, 0.15) is 0 Å². The minimum Gasteiger partial charge on any atom is -0.394 e. The van der Waals surface area contributed by atoms with Crippen molar-refractivity contribution in [3.63, 3.8) is 0 Å². The van der Waals surface area contributed by atoms with Gasteiger partial charge < -0.3 is 10.0 Å². The van der Waals surface area contributed by atoms with Gasteiger partial charge in [0.05, 0.1) is 12.6 Å². The van der Waals surface area contributed by atoms with Crippen molar-refractivity contribution in [1.82, 2.24) is 4.90 Å². The number of amides is 1. The van der Waals surface area contributed by atoms with Gasteiger partial charge in [-0.3, -0.25) is 4.79 Å². The monoisotopic (exact) mass is 349 g/mol. The van der Waals surface area contributed by atoms with Gasteiger partial charge in [0, 0.05) is 21.6 Å². The molecular formula is C11H13Br2NO2. The van der Waals surface area contributed by atoms with Crippen molar-refractivity contribution in [2.75, 3.05) is 13.7 Å². The predicted octanol–water partition coefficient (Wildman–Crippen LogP) is 2.66. The maximum atomic E-state index is 12.0. The van der Waals surface area contributed by atoms with Crippen LogP contribution in [-0.2, 0) is 0 Å². The third-order valence-corrected chi connectivity index (χ3v) is 3.27. The van der Waals surface area contributed by atoms with Crippen LogP contribution in [0.1, 0.15) is 17.3 Å². The van der Waals surface area contributed by atoms with Gasteiger partial charge in [-0.1, -0.05) is 31.9 Å². The summed E-state index contributed by atoms with van der Waals surface area (Å²) in [7, 11) is 1.68. The molecule has 3 nitrogen and oxygen atoms in total. The molecule has 0 aliphatic carbocycles. The molecule has 88 valence electrons. The van der Waals surface area contributed by atoms with Crippen molar-refractivity contribution in [2.45, 2.75) is 13.0 Å². The third kappa shape index (κ3) is 3.30. The first kappa shape index (κ1) is 13.7. The van der Waals surface area contributed by atoms with Gasteiger partial charge in [-0.25, -0.2) is 0 Å². The number of carbonyl (C=O) groups excluding carboxylic acids is 1. The highest BCUT2D eigenvalue weighted by Crippen LogP contribution is 2.21. The molecule has 0 heterocycles. The van der Waals surface area contributed by atoms with Gasteiger partial charge in [0.25, 0.3) is 5.91 Å². The van der Waals surface area contributed by atoms with E-state index in [0.717, 1.165) is 8.95 Å². The highest BCUT2D eigenvalue weighted by Gasteiger charge is 2.17. The van der Waals surface area contributed by atoms with E-state index in [9.17, 15) is 4.79 Å². The van der Waals surface area contributed by atoms with Crippen molar-refractivity contribution < 1.29 is 9.90 Å². The Balaban J connectivity index is 2.96. The summed E-state index contributed by atoms with van der Waals surface area (Å²) < 4.78 is 1.69. The Bertz CT molecular complexity index is 375. The molecule has 0 spiro atoms. The van der Waals surface area contributed by atoms with Crippen LogP contribution in [0.4, 0.5) is 0 Å². The molecule has 0 radical (unpaired) electrons. The summed E-state index contributed by atoms with van der Waals surface area (Å²) in [6.45, 7) is 1.75. The predicted molar refractivity (Wildman–Crippen MR) is 70.5 cm³/mol. The zero-order chi connectivity index (χ0) is 12.3. The van der Waals surface area contributed by atoms with E-state index in [1.54, 1.807) is 26.1 Å². The smallest absolute Gasteiger partial charge is 0.253 e. The summed E-state index contributed by atoms with van der Waals surface area (Å²) in [4.78, 5) is 13.5. The first-order chi connectivity index (χ1) is 7.45. The van der Waals surface area contributed by atoms with E-state index in [0.29, 0.717) is 5.56 Å². The summed E-state index contributed by atoms with van der Waals surface area (Å²) >= 11 is 6.67. The Morgan fingerprint density at radius 3 is 2.31 bits per heavy atom. The highest BCUT2D eigenvalue weighted by atomic mass is 79.9. The van der Waals surface area contributed by atoms with E-state index in [4.69, 9.17) is 5.11 Å². The molecule has 0 aliphatic heterocycles. The second-order valence-corrected chi connectivity index (χ2v) is 5.44. The van der Waals surface area contributed by atoms with E-state index in [1.165, 1.54) is 4.90 Å². The van der Waals surface area contributed by atoms with Crippen molar-refractivity contribution in [3.8, 4) is 0 Å². The molecular weight excluding hydrogens is 338 g/mol. The zero-order valence-electron chi connectivity index (χ0n) is 9.08. The maximum Gasteiger partial charge on any atom is 0.253 e. The fourth-order valence-corrected chi connectivity index (χ4v) is 2.50. The Morgan fingerprint density at radius 2 is 1.88 bits per heavy atom. The normalized spacial score (nSPS) is 12.3. The molecule has 1 aromatic rings. The number of aliphatic hydroxyl groups excluding tert-OH is 1. The van der Waals surface area contributed by atoms with Gasteiger partial charge in [0.15, 0.2) is 0 Å². The maximum absolute atomic E-state index is 12.0. The number of likely N-dealkylation sites (N-methyl/N-ethyl adjacent to an activating group) is 1. The molecule has 1 atom stereocenters. The summed E-state index contributed by atoms with van der Waals surface area (Å²) in [5, 5.41) is 9.00. The molecule has 1 unspecified atom stereocenters. The number of aliphatic hydroxyl groups is 1. The van der Waals surface area contributed by atoms with Crippen LogP contribution < -0.4 is 0 Å². The molecule has 0 aliphatic rings. The number of rotatable bonds is 3. The summed E-state index contributed by atoms with van der Waals surface area (Å²) in [6.07, 6.45) is 0. The fraction of sp³-hybridized carbons (Fsp3) is 0.364. The molecule has 0 fully saturated rings. The van der Waals surface area contributed by atoms with Crippen LogP contribution in [0.25, 0.3) is 0 Å². The Morgan fingerprint density at radius 1 is 1.38 bits per heavy atom. The molecule has 0 saturated carbocycles. The Labute approximate surface area is 112 Å². The second-order valence-electron chi connectivity index (χ2n) is 3.61. The number of carbonyl (C=O) groups is 1. The Hall–Kier alpha value is -0.390. The van der Waals surface area contributed by atoms with Crippen molar-refractivity contribution >= 4 is 37.8 Å². The van der Waals surface area contributed by atoms with Crippen LogP contribution in [0.5, 0.6) is 0 Å². The van der Waals surface area contributed by atoms with Crippen molar-refractivity contribution in [2.24, 2.45) is 0 Å². The lowest BCUT2D eigenvalue weighted by Gasteiger charge is -2.23. The van der Waals surface area contributed by atoms with Crippen LogP contribution in [0.15, 0.2) is 27.1 Å². The third-order valence-electron chi connectivity index (χ3n) is 2.36. The van der Waals surface area contributed by atoms with Crippen LogP contribution in [0, 0.1) is 0 Å². The molecule has 1 rings (SSSR count). The van der Waals surface area contributed by atoms with Gasteiger partial charge in [-0.15, -0.1) is 0 Å². The van der Waals surface area contributed by atoms with Gasteiger partial charge in [0.2, 0.25) is 0 Å². The minimum absolute atomic E-state index is 0.0442. The van der Waals surface area contributed by atoms with E-state index >= 15 is 0 Å². The molecule has 5 heteroatoms. The highest BCUT2D eigenvalue weighted by molar-refractivity contribution is 9.11. The SMILES string of the molecule is CC(CO)N(C)C(=O)c1cc(Br)cc(Br)c1. The molecule has 0 saturated heterocycles. The van der Waals surface area contributed by atoms with E-state index in [1.807, 2.05) is 6.07 Å². The van der Waals surface area contributed by atoms with E-state index < -0.39 is 0 Å². The zero-order valence-corrected chi connectivity index (χ0v) is 12.2. The van der Waals surface area contributed by atoms with Gasteiger partial charge in [-0.05, 0) is 25.1 Å². The number of hydrogen-bond donors (Lipinski definition) is 1. The van der Waals surface area contributed by atoms with E-state index in [-0.39, 0.29) is 18.6 Å². The molecule has 1 N–H and O–H groups in total. The topological polar surface area (TPSA) is 40.5 Å². The summed E-state index contributed by atoms with van der Waals surface area (Å²) in [5.74, 6) is -0.108. The molecule has 0 bridgehead atoms. The van der Waals surface area contributed by atoms with Crippen molar-refractivity contribution in [3.05, 3.63) is 32.7 Å². The quantitative estimate of drug-likeness (QED) is 0.910. The Kier molecular flexibility index (Phi) is 4.95. The lowest BCUT2D eigenvalue weighted by molar-refractivity contribution is 0.0682. The number of hydrogen-bond acceptors (Lipinski definition) is 2. The average Bonchev–Trinajstić information content (AvgIpc) is 2.24. The first-order valence-corrected chi connectivity index (χ1v) is 6.38. The van der Waals surface area contributed by atoms with Gasteiger partial charge >= 0.3 is 0 Å². The van der Waals surface area contributed by atoms with E-state index in [2.05, 4.69) is 31.9 Å². The number of benzene rings is 1. The number of nitrogens with zero attached hydrogens (tertiary/aromatic N) is 1. The second kappa shape index (κ2) is 5.80. The molecule has 0 aromatic heterocycles. The molecule has 16 heavy (non-hydrogen) atoms. The van der Waals surface area contributed by atoms with Gasteiger partial charge in [-0.2, -0.15) is 0 Å². The molecule has 1 amide bonds. The molecule has 1 aromatic carbocycles. The number of halogens is 2. The largest absolute Gasteiger partial charge is 0.394 e. The van der Waals surface area contributed by atoms with Crippen LogP contribution >= 0.6 is 31.9 Å².